The van der Waals surface area contributed by atoms with Gasteiger partial charge in [0.2, 0.25) is 5.91 Å². The first-order valence-corrected chi connectivity index (χ1v) is 9.98. The molecule has 1 saturated heterocycles. The summed E-state index contributed by atoms with van der Waals surface area (Å²) < 4.78 is 0. The highest BCUT2D eigenvalue weighted by Gasteiger charge is 2.36. The molecule has 4 rings (SSSR count). The van der Waals surface area contributed by atoms with Crippen molar-refractivity contribution in [1.29, 1.82) is 0 Å². The van der Waals surface area contributed by atoms with Crippen molar-refractivity contribution in [2.75, 3.05) is 18.0 Å². The molecular formula is C24H21N3O4. The summed E-state index contributed by atoms with van der Waals surface area (Å²) in [6.07, 6.45) is 0. The van der Waals surface area contributed by atoms with Gasteiger partial charge in [0.05, 0.1) is 10.6 Å². The van der Waals surface area contributed by atoms with Crippen LogP contribution in [0.3, 0.4) is 0 Å². The Morgan fingerprint density at radius 3 is 2.26 bits per heavy atom. The van der Waals surface area contributed by atoms with Gasteiger partial charge in [0.15, 0.2) is 0 Å². The minimum atomic E-state index is -0.653. The Labute approximate surface area is 179 Å². The smallest absolute Gasteiger partial charge is 0.269 e. The number of carbonyl (C=O) groups excluding carboxylic acids is 2. The fraction of sp³-hybridized carbons (Fsp3) is 0.167. The fourth-order valence-corrected chi connectivity index (χ4v) is 3.85. The van der Waals surface area contributed by atoms with Gasteiger partial charge in [0.25, 0.3) is 11.6 Å². The molecule has 1 aliphatic rings. The van der Waals surface area contributed by atoms with Crippen molar-refractivity contribution in [3.05, 3.63) is 94.5 Å². The molecule has 0 bridgehead atoms. The molecule has 7 nitrogen and oxygen atoms in total. The van der Waals surface area contributed by atoms with Crippen molar-refractivity contribution in [3.63, 3.8) is 0 Å². The molecular weight excluding hydrogens is 394 g/mol. The zero-order chi connectivity index (χ0) is 22.0. The number of hydrogen-bond donors (Lipinski definition) is 0. The highest BCUT2D eigenvalue weighted by Crippen LogP contribution is 2.32. The molecule has 0 spiro atoms. The molecule has 1 heterocycles. The third-order valence-electron chi connectivity index (χ3n) is 5.52. The number of piperazine rings is 1. The number of amides is 2. The number of benzene rings is 3. The minimum absolute atomic E-state index is 0.0805. The number of non-ortho nitro benzene ring substituents is 1. The maximum absolute atomic E-state index is 13.2. The molecule has 0 saturated carbocycles. The molecule has 2 amide bonds. The van der Waals surface area contributed by atoms with Crippen LogP contribution in [0.5, 0.6) is 0 Å². The van der Waals surface area contributed by atoms with E-state index in [0.717, 1.165) is 16.8 Å². The lowest BCUT2D eigenvalue weighted by atomic mass is 10.0. The van der Waals surface area contributed by atoms with Gasteiger partial charge < -0.3 is 9.80 Å². The summed E-state index contributed by atoms with van der Waals surface area (Å²) in [5.74, 6) is -0.475. The van der Waals surface area contributed by atoms with Crippen LogP contribution in [0, 0.1) is 10.1 Å². The zero-order valence-electron chi connectivity index (χ0n) is 17.0. The van der Waals surface area contributed by atoms with Crippen molar-refractivity contribution < 1.29 is 14.5 Å². The molecule has 156 valence electrons. The molecule has 3 aromatic carbocycles. The summed E-state index contributed by atoms with van der Waals surface area (Å²) in [6, 6.07) is 22.4. The predicted octanol–water partition coefficient (Wildman–Crippen LogP) is 4.14. The molecule has 1 atom stereocenters. The molecule has 0 aromatic heterocycles. The number of nitro groups is 1. The van der Waals surface area contributed by atoms with Gasteiger partial charge in [-0.2, -0.15) is 0 Å². The van der Waals surface area contributed by atoms with Crippen molar-refractivity contribution in [1.82, 2.24) is 4.90 Å². The summed E-state index contributed by atoms with van der Waals surface area (Å²) in [6.45, 7) is 2.44. The van der Waals surface area contributed by atoms with E-state index in [2.05, 4.69) is 0 Å². The molecule has 0 unspecified atom stereocenters. The monoisotopic (exact) mass is 415 g/mol. The van der Waals surface area contributed by atoms with Crippen molar-refractivity contribution in [2.24, 2.45) is 0 Å². The van der Waals surface area contributed by atoms with E-state index in [0.29, 0.717) is 18.7 Å². The number of nitrogens with zero attached hydrogens (tertiary/aromatic N) is 3. The van der Waals surface area contributed by atoms with Crippen LogP contribution in [-0.2, 0) is 4.79 Å². The second-order valence-electron chi connectivity index (χ2n) is 7.35. The first kappa shape index (κ1) is 20.3. The summed E-state index contributed by atoms with van der Waals surface area (Å²) >= 11 is 0. The number of carbonyl (C=O) groups is 2. The van der Waals surface area contributed by atoms with E-state index < -0.39 is 11.0 Å². The van der Waals surface area contributed by atoms with Gasteiger partial charge in [-0.1, -0.05) is 48.5 Å². The normalized spacial score (nSPS) is 16.3. The summed E-state index contributed by atoms with van der Waals surface area (Å²) in [7, 11) is 0. The average Bonchev–Trinajstić information content (AvgIpc) is 2.81. The molecule has 3 aromatic rings. The first-order chi connectivity index (χ1) is 15.0. The molecule has 1 fully saturated rings. The van der Waals surface area contributed by atoms with Gasteiger partial charge in [-0.05, 0) is 30.7 Å². The van der Waals surface area contributed by atoms with Crippen LogP contribution in [0.4, 0.5) is 11.4 Å². The van der Waals surface area contributed by atoms with Crippen molar-refractivity contribution >= 4 is 23.2 Å². The zero-order valence-corrected chi connectivity index (χ0v) is 17.0. The SMILES string of the molecule is C[C@H]1C(=O)N(c2ccccc2-c2ccccc2)CCN1C(=O)c1ccc([N+](=O)[O-])cc1. The number of anilines is 1. The van der Waals surface area contributed by atoms with Gasteiger partial charge in [0.1, 0.15) is 6.04 Å². The molecule has 0 radical (unpaired) electrons. The van der Waals surface area contributed by atoms with Crippen LogP contribution in [0.1, 0.15) is 17.3 Å². The van der Waals surface area contributed by atoms with E-state index >= 15 is 0 Å². The number of para-hydroxylation sites is 1. The third kappa shape index (κ3) is 3.90. The maximum atomic E-state index is 13.2. The van der Waals surface area contributed by atoms with Crippen LogP contribution in [0.15, 0.2) is 78.9 Å². The predicted molar refractivity (Wildman–Crippen MR) is 118 cm³/mol. The topological polar surface area (TPSA) is 83.8 Å². The fourth-order valence-electron chi connectivity index (χ4n) is 3.85. The van der Waals surface area contributed by atoms with Gasteiger partial charge >= 0.3 is 0 Å². The highest BCUT2D eigenvalue weighted by atomic mass is 16.6. The van der Waals surface area contributed by atoms with Crippen LogP contribution in [-0.4, -0.2) is 40.8 Å². The molecule has 7 heteroatoms. The van der Waals surface area contributed by atoms with Gasteiger partial charge in [-0.25, -0.2) is 0 Å². The molecule has 0 aliphatic carbocycles. The average molecular weight is 415 g/mol. The Morgan fingerprint density at radius 2 is 1.58 bits per heavy atom. The molecule has 31 heavy (non-hydrogen) atoms. The van der Waals surface area contributed by atoms with E-state index in [1.165, 1.54) is 29.2 Å². The standard InChI is InChI=1S/C24H21N3O4/c1-17-23(28)26(22-10-6-5-9-21(22)18-7-3-2-4-8-18)16-15-25(17)24(29)19-11-13-20(14-12-19)27(30)31/h2-14,17H,15-16H2,1H3/t17-/m0/s1. The molecule has 0 N–H and O–H groups in total. The lowest BCUT2D eigenvalue weighted by Gasteiger charge is -2.39. The first-order valence-electron chi connectivity index (χ1n) is 9.98. The lowest BCUT2D eigenvalue weighted by Crippen LogP contribution is -2.57. The summed E-state index contributed by atoms with van der Waals surface area (Å²) in [5, 5.41) is 10.8. The van der Waals surface area contributed by atoms with E-state index in [4.69, 9.17) is 0 Å². The maximum Gasteiger partial charge on any atom is 0.269 e. The highest BCUT2D eigenvalue weighted by molar-refractivity contribution is 6.05. The second kappa shape index (κ2) is 8.39. The minimum Gasteiger partial charge on any atom is -0.325 e. The van der Waals surface area contributed by atoms with E-state index in [9.17, 15) is 19.7 Å². The molecule has 1 aliphatic heterocycles. The van der Waals surface area contributed by atoms with E-state index in [1.54, 1.807) is 11.8 Å². The largest absolute Gasteiger partial charge is 0.325 e. The Kier molecular flexibility index (Phi) is 5.49. The summed E-state index contributed by atoms with van der Waals surface area (Å²) in [4.78, 5) is 39.8. The van der Waals surface area contributed by atoms with Crippen molar-refractivity contribution in [2.45, 2.75) is 13.0 Å². The van der Waals surface area contributed by atoms with Crippen molar-refractivity contribution in [3.8, 4) is 11.1 Å². The van der Waals surface area contributed by atoms with Crippen LogP contribution in [0.2, 0.25) is 0 Å². The second-order valence-corrected chi connectivity index (χ2v) is 7.35. The summed E-state index contributed by atoms with van der Waals surface area (Å²) in [5.41, 5.74) is 3.03. The Morgan fingerprint density at radius 1 is 0.935 bits per heavy atom. The number of rotatable bonds is 4. The van der Waals surface area contributed by atoms with Crippen LogP contribution < -0.4 is 4.90 Å². The third-order valence-corrected chi connectivity index (χ3v) is 5.52. The Hall–Kier alpha value is -4.00. The van der Waals surface area contributed by atoms with Gasteiger partial charge in [0, 0.05) is 36.3 Å². The van der Waals surface area contributed by atoms with E-state index in [1.807, 2.05) is 54.6 Å². The quantitative estimate of drug-likeness (QED) is 0.474. The van der Waals surface area contributed by atoms with Crippen LogP contribution in [0.25, 0.3) is 11.1 Å². The van der Waals surface area contributed by atoms with Gasteiger partial charge in [-0.3, -0.25) is 19.7 Å². The lowest BCUT2D eigenvalue weighted by molar-refractivity contribution is -0.384. The Balaban J connectivity index is 1.57. The van der Waals surface area contributed by atoms with Crippen LogP contribution >= 0.6 is 0 Å². The number of hydrogen-bond acceptors (Lipinski definition) is 4. The number of nitro benzene ring substituents is 1. The van der Waals surface area contributed by atoms with Gasteiger partial charge in [-0.15, -0.1) is 0 Å². The van der Waals surface area contributed by atoms with E-state index in [-0.39, 0.29) is 17.5 Å². The Bertz CT molecular complexity index is 1130.